The molecule has 2 aromatic rings. The minimum atomic E-state index is -0.246. The lowest BCUT2D eigenvalue weighted by Crippen LogP contribution is -2.35. The standard InChI is InChI=1S/C22H27N3O2/c1-15-9-10-19(13-16(15)2)25-21(26)17-11-12-23-20(14-17)22(27)24-18-7-5-3-4-6-8-18/h9-14,18H,3-8H2,1-2H3,(H,24,27)(H,25,26). The molecule has 1 fully saturated rings. The van der Waals surface area contributed by atoms with Gasteiger partial charge in [-0.15, -0.1) is 0 Å². The van der Waals surface area contributed by atoms with Gasteiger partial charge < -0.3 is 10.6 Å². The van der Waals surface area contributed by atoms with Gasteiger partial charge in [0.2, 0.25) is 0 Å². The third-order valence-electron chi connectivity index (χ3n) is 5.21. The van der Waals surface area contributed by atoms with Crippen molar-refractivity contribution in [3.05, 3.63) is 58.9 Å². The maximum atomic E-state index is 12.5. The Kier molecular flexibility index (Phi) is 6.22. The van der Waals surface area contributed by atoms with E-state index in [9.17, 15) is 9.59 Å². The van der Waals surface area contributed by atoms with Gasteiger partial charge in [-0.3, -0.25) is 14.6 Å². The number of carbonyl (C=O) groups excluding carboxylic acids is 2. The number of rotatable bonds is 4. The van der Waals surface area contributed by atoms with Crippen LogP contribution in [-0.2, 0) is 0 Å². The molecule has 1 aliphatic rings. The van der Waals surface area contributed by atoms with E-state index in [-0.39, 0.29) is 23.6 Å². The van der Waals surface area contributed by atoms with Crippen molar-refractivity contribution in [3.63, 3.8) is 0 Å². The largest absolute Gasteiger partial charge is 0.348 e. The molecule has 3 rings (SSSR count). The van der Waals surface area contributed by atoms with Crippen LogP contribution >= 0.6 is 0 Å². The van der Waals surface area contributed by atoms with Crippen LogP contribution in [-0.4, -0.2) is 22.8 Å². The number of nitrogens with one attached hydrogen (secondary N) is 2. The van der Waals surface area contributed by atoms with Crippen molar-refractivity contribution in [2.75, 3.05) is 5.32 Å². The fraction of sp³-hybridized carbons (Fsp3) is 0.409. The summed E-state index contributed by atoms with van der Waals surface area (Å²) in [4.78, 5) is 29.2. The van der Waals surface area contributed by atoms with Crippen LogP contribution in [0.2, 0.25) is 0 Å². The number of anilines is 1. The van der Waals surface area contributed by atoms with Crippen LogP contribution in [0, 0.1) is 13.8 Å². The second-order valence-corrected chi connectivity index (χ2v) is 7.34. The normalized spacial score (nSPS) is 15.0. The van der Waals surface area contributed by atoms with Gasteiger partial charge >= 0.3 is 0 Å². The molecular weight excluding hydrogens is 338 g/mol. The maximum absolute atomic E-state index is 12.5. The average Bonchev–Trinajstić information content (AvgIpc) is 2.93. The van der Waals surface area contributed by atoms with Crippen LogP contribution in [0.1, 0.15) is 70.5 Å². The lowest BCUT2D eigenvalue weighted by Gasteiger charge is -2.16. The fourth-order valence-corrected chi connectivity index (χ4v) is 3.40. The number of benzene rings is 1. The first kappa shape index (κ1) is 19.1. The number of nitrogens with zero attached hydrogens (tertiary/aromatic N) is 1. The van der Waals surface area contributed by atoms with Gasteiger partial charge in [0.15, 0.2) is 0 Å². The molecule has 0 atom stereocenters. The second-order valence-electron chi connectivity index (χ2n) is 7.34. The highest BCUT2D eigenvalue weighted by Crippen LogP contribution is 2.18. The van der Waals surface area contributed by atoms with Crippen LogP contribution in [0.3, 0.4) is 0 Å². The molecular formula is C22H27N3O2. The van der Waals surface area contributed by atoms with E-state index in [1.807, 2.05) is 32.0 Å². The number of hydrogen-bond donors (Lipinski definition) is 2. The van der Waals surface area contributed by atoms with Gasteiger partial charge in [0.25, 0.3) is 11.8 Å². The van der Waals surface area contributed by atoms with Gasteiger partial charge in [0, 0.05) is 23.5 Å². The summed E-state index contributed by atoms with van der Waals surface area (Å²) in [6.07, 6.45) is 8.31. The summed E-state index contributed by atoms with van der Waals surface area (Å²) in [6.45, 7) is 4.04. The van der Waals surface area contributed by atoms with E-state index in [2.05, 4.69) is 15.6 Å². The molecule has 0 radical (unpaired) electrons. The molecule has 0 aliphatic heterocycles. The summed E-state index contributed by atoms with van der Waals surface area (Å²) in [7, 11) is 0. The third-order valence-corrected chi connectivity index (χ3v) is 5.21. The minimum Gasteiger partial charge on any atom is -0.348 e. The van der Waals surface area contributed by atoms with Crippen molar-refractivity contribution < 1.29 is 9.59 Å². The van der Waals surface area contributed by atoms with Gasteiger partial charge in [0.05, 0.1) is 0 Å². The molecule has 5 heteroatoms. The van der Waals surface area contributed by atoms with E-state index < -0.39 is 0 Å². The Balaban J connectivity index is 1.67. The molecule has 0 unspecified atom stereocenters. The highest BCUT2D eigenvalue weighted by molar-refractivity contribution is 6.05. The molecule has 1 saturated carbocycles. The molecule has 1 aromatic carbocycles. The van der Waals surface area contributed by atoms with Crippen molar-refractivity contribution in [2.24, 2.45) is 0 Å². The van der Waals surface area contributed by atoms with E-state index in [1.165, 1.54) is 24.6 Å². The van der Waals surface area contributed by atoms with Crippen LogP contribution in [0.15, 0.2) is 36.5 Å². The van der Waals surface area contributed by atoms with Crippen molar-refractivity contribution in [1.82, 2.24) is 10.3 Å². The summed E-state index contributed by atoms with van der Waals surface area (Å²) in [6, 6.07) is 9.18. The maximum Gasteiger partial charge on any atom is 0.270 e. The Bertz CT molecular complexity index is 824. The molecule has 0 bridgehead atoms. The number of aryl methyl sites for hydroxylation is 2. The van der Waals surface area contributed by atoms with Gasteiger partial charge in [-0.1, -0.05) is 31.7 Å². The number of amides is 2. The summed E-state index contributed by atoms with van der Waals surface area (Å²) in [5.41, 5.74) is 3.74. The quantitative estimate of drug-likeness (QED) is 0.789. The van der Waals surface area contributed by atoms with Crippen LogP contribution in [0.25, 0.3) is 0 Å². The van der Waals surface area contributed by atoms with Gasteiger partial charge in [0.1, 0.15) is 5.69 Å². The molecule has 0 saturated heterocycles. The van der Waals surface area contributed by atoms with Crippen LogP contribution in [0.5, 0.6) is 0 Å². The van der Waals surface area contributed by atoms with E-state index in [0.717, 1.165) is 36.9 Å². The molecule has 5 nitrogen and oxygen atoms in total. The zero-order valence-corrected chi connectivity index (χ0v) is 16.0. The van der Waals surface area contributed by atoms with E-state index in [0.29, 0.717) is 5.56 Å². The molecule has 2 N–H and O–H groups in total. The van der Waals surface area contributed by atoms with Gasteiger partial charge in [-0.2, -0.15) is 0 Å². The van der Waals surface area contributed by atoms with E-state index in [1.54, 1.807) is 12.1 Å². The molecule has 142 valence electrons. The zero-order chi connectivity index (χ0) is 19.2. The Morgan fingerprint density at radius 1 is 0.926 bits per heavy atom. The fourth-order valence-electron chi connectivity index (χ4n) is 3.40. The Morgan fingerprint density at radius 3 is 2.37 bits per heavy atom. The van der Waals surface area contributed by atoms with Gasteiger partial charge in [-0.05, 0) is 62.1 Å². The summed E-state index contributed by atoms with van der Waals surface area (Å²) in [5.74, 6) is -0.452. The SMILES string of the molecule is Cc1ccc(NC(=O)c2ccnc(C(=O)NC3CCCCCC3)c2)cc1C. The highest BCUT2D eigenvalue weighted by atomic mass is 16.2. The predicted molar refractivity (Wildman–Crippen MR) is 107 cm³/mol. The first-order valence-corrected chi connectivity index (χ1v) is 9.68. The molecule has 0 spiro atoms. The third kappa shape index (κ3) is 5.16. The van der Waals surface area contributed by atoms with Crippen molar-refractivity contribution in [2.45, 2.75) is 58.4 Å². The summed E-state index contributed by atoms with van der Waals surface area (Å²) >= 11 is 0. The number of hydrogen-bond acceptors (Lipinski definition) is 3. The first-order chi connectivity index (χ1) is 13.0. The lowest BCUT2D eigenvalue weighted by molar-refractivity contribution is 0.0928. The van der Waals surface area contributed by atoms with Crippen molar-refractivity contribution in [1.29, 1.82) is 0 Å². The topological polar surface area (TPSA) is 71.1 Å². The summed E-state index contributed by atoms with van der Waals surface area (Å²) < 4.78 is 0. The molecule has 1 aromatic heterocycles. The second kappa shape index (κ2) is 8.80. The Morgan fingerprint density at radius 2 is 1.67 bits per heavy atom. The van der Waals surface area contributed by atoms with Crippen molar-refractivity contribution in [3.8, 4) is 0 Å². The monoisotopic (exact) mass is 365 g/mol. The number of pyridine rings is 1. The number of carbonyl (C=O) groups is 2. The number of aromatic nitrogens is 1. The predicted octanol–water partition coefficient (Wildman–Crippen LogP) is 4.40. The zero-order valence-electron chi connectivity index (χ0n) is 16.0. The molecule has 27 heavy (non-hydrogen) atoms. The van der Waals surface area contributed by atoms with Crippen molar-refractivity contribution >= 4 is 17.5 Å². The molecule has 1 heterocycles. The highest BCUT2D eigenvalue weighted by Gasteiger charge is 2.18. The van der Waals surface area contributed by atoms with Gasteiger partial charge in [-0.25, -0.2) is 0 Å². The summed E-state index contributed by atoms with van der Waals surface area (Å²) in [5, 5.41) is 5.96. The van der Waals surface area contributed by atoms with Crippen LogP contribution in [0.4, 0.5) is 5.69 Å². The van der Waals surface area contributed by atoms with Crippen LogP contribution < -0.4 is 10.6 Å². The smallest absolute Gasteiger partial charge is 0.270 e. The molecule has 1 aliphatic carbocycles. The Labute approximate surface area is 160 Å². The van der Waals surface area contributed by atoms with E-state index >= 15 is 0 Å². The first-order valence-electron chi connectivity index (χ1n) is 9.68. The average molecular weight is 365 g/mol. The lowest BCUT2D eigenvalue weighted by atomic mass is 10.1. The minimum absolute atomic E-state index is 0.204. The Hall–Kier alpha value is -2.69. The molecule has 2 amide bonds. The van der Waals surface area contributed by atoms with E-state index in [4.69, 9.17) is 0 Å².